The molecule has 10 heteroatoms. The highest BCUT2D eigenvalue weighted by molar-refractivity contribution is 7.91. The zero-order valence-electron chi connectivity index (χ0n) is 15.0. The number of sulfone groups is 1. The summed E-state index contributed by atoms with van der Waals surface area (Å²) in [4.78, 5) is 34.1. The van der Waals surface area contributed by atoms with Crippen molar-refractivity contribution >= 4 is 27.6 Å². The Morgan fingerprint density at radius 3 is 2.42 bits per heavy atom. The number of pyridine rings is 1. The lowest BCUT2D eigenvalue weighted by molar-refractivity contribution is 0.0393. The Morgan fingerprint density at radius 2 is 1.81 bits per heavy atom. The van der Waals surface area contributed by atoms with Gasteiger partial charge < -0.3 is 20.0 Å². The maximum atomic E-state index is 13.0. The van der Waals surface area contributed by atoms with E-state index in [1.54, 1.807) is 43.1 Å². The van der Waals surface area contributed by atoms with Gasteiger partial charge in [0.15, 0.2) is 9.84 Å². The minimum absolute atomic E-state index is 0.112. The molecule has 3 rings (SSSR count). The van der Waals surface area contributed by atoms with Crippen LogP contribution in [0.4, 0.5) is 10.6 Å². The number of piperazine rings is 1. The van der Waals surface area contributed by atoms with E-state index in [-0.39, 0.29) is 23.4 Å². The van der Waals surface area contributed by atoms with Crippen LogP contribution in [0, 0.1) is 0 Å². The second-order valence-electron chi connectivity index (χ2n) is 6.76. The molecule has 2 fully saturated rings. The van der Waals surface area contributed by atoms with E-state index in [4.69, 9.17) is 0 Å². The summed E-state index contributed by atoms with van der Waals surface area (Å²) in [5.41, 5.74) is 0.444. The molecule has 3 amide bonds. The number of hydrogen-bond donors (Lipinski definition) is 1. The van der Waals surface area contributed by atoms with Crippen molar-refractivity contribution in [2.45, 2.75) is 12.1 Å². The van der Waals surface area contributed by atoms with Crippen LogP contribution in [0.1, 0.15) is 10.4 Å². The maximum absolute atomic E-state index is 13.0. The van der Waals surface area contributed by atoms with Gasteiger partial charge in [-0.1, -0.05) is 0 Å². The number of aromatic nitrogens is 1. The van der Waals surface area contributed by atoms with E-state index >= 15 is 0 Å². The number of fused-ring (bicyclic) bond motifs is 1. The molecule has 0 bridgehead atoms. The van der Waals surface area contributed by atoms with Crippen LogP contribution in [0.2, 0.25) is 0 Å². The number of carbonyl (C=O) groups is 2. The van der Waals surface area contributed by atoms with E-state index in [1.807, 2.05) is 0 Å². The second-order valence-corrected chi connectivity index (χ2v) is 8.91. The van der Waals surface area contributed by atoms with Crippen molar-refractivity contribution in [3.63, 3.8) is 0 Å². The van der Waals surface area contributed by atoms with Crippen LogP contribution in [0.5, 0.6) is 0 Å². The summed E-state index contributed by atoms with van der Waals surface area (Å²) in [5, 5.41) is 2.88. The molecule has 26 heavy (non-hydrogen) atoms. The molecule has 3 heterocycles. The first-order chi connectivity index (χ1) is 12.2. The Morgan fingerprint density at radius 1 is 1.19 bits per heavy atom. The van der Waals surface area contributed by atoms with Gasteiger partial charge in [-0.15, -0.1) is 0 Å². The monoisotopic (exact) mass is 381 g/mol. The molecule has 0 radical (unpaired) electrons. The first kappa shape index (κ1) is 18.4. The smallest absolute Gasteiger partial charge is 0.319 e. The Hall–Kier alpha value is -2.36. The van der Waals surface area contributed by atoms with Crippen LogP contribution in [0.15, 0.2) is 18.3 Å². The topological polar surface area (TPSA) is 103 Å². The van der Waals surface area contributed by atoms with Crippen molar-refractivity contribution in [1.29, 1.82) is 0 Å². The lowest BCUT2D eigenvalue weighted by Gasteiger charge is -2.44. The fraction of sp³-hybridized carbons (Fsp3) is 0.562. The zero-order chi connectivity index (χ0) is 19.1. The second kappa shape index (κ2) is 6.75. The highest BCUT2D eigenvalue weighted by Crippen LogP contribution is 2.29. The van der Waals surface area contributed by atoms with E-state index in [1.165, 1.54) is 11.1 Å². The van der Waals surface area contributed by atoms with Gasteiger partial charge in [-0.05, 0) is 12.1 Å². The molecule has 0 unspecified atom stereocenters. The van der Waals surface area contributed by atoms with Crippen molar-refractivity contribution in [2.24, 2.45) is 0 Å². The van der Waals surface area contributed by atoms with Crippen molar-refractivity contribution in [1.82, 2.24) is 19.7 Å². The Kier molecular flexibility index (Phi) is 4.78. The molecule has 1 aromatic heterocycles. The van der Waals surface area contributed by atoms with Crippen LogP contribution in [0.25, 0.3) is 0 Å². The highest BCUT2D eigenvalue weighted by atomic mass is 32.2. The summed E-state index contributed by atoms with van der Waals surface area (Å²) in [6, 6.07) is 1.97. The minimum Gasteiger partial charge on any atom is -0.373 e. The van der Waals surface area contributed by atoms with Crippen molar-refractivity contribution < 1.29 is 18.0 Å². The molecule has 142 valence electrons. The summed E-state index contributed by atoms with van der Waals surface area (Å²) < 4.78 is 24.5. The first-order valence-corrected chi connectivity index (χ1v) is 10.2. The maximum Gasteiger partial charge on any atom is 0.319 e. The molecule has 2 aliphatic heterocycles. The van der Waals surface area contributed by atoms with E-state index < -0.39 is 21.9 Å². The summed E-state index contributed by atoms with van der Waals surface area (Å²) >= 11 is 0. The third-order valence-electron chi connectivity index (χ3n) is 4.83. The van der Waals surface area contributed by atoms with Gasteiger partial charge in [0.1, 0.15) is 5.82 Å². The summed E-state index contributed by atoms with van der Waals surface area (Å²) in [6.07, 6.45) is 1.54. The molecular weight excluding hydrogens is 358 g/mol. The van der Waals surface area contributed by atoms with Crippen LogP contribution >= 0.6 is 0 Å². The average Bonchev–Trinajstić information content (AvgIpc) is 2.94. The zero-order valence-corrected chi connectivity index (χ0v) is 15.9. The molecule has 2 aliphatic rings. The van der Waals surface area contributed by atoms with Crippen molar-refractivity contribution in [3.8, 4) is 0 Å². The van der Waals surface area contributed by atoms with Crippen LogP contribution in [-0.4, -0.2) is 97.9 Å². The third kappa shape index (κ3) is 3.33. The number of urea groups is 1. The van der Waals surface area contributed by atoms with Gasteiger partial charge in [-0.25, -0.2) is 18.2 Å². The normalized spacial score (nSPS) is 24.1. The minimum atomic E-state index is -3.31. The molecule has 0 aromatic carbocycles. The van der Waals surface area contributed by atoms with Crippen molar-refractivity contribution in [3.05, 3.63) is 23.9 Å². The van der Waals surface area contributed by atoms with E-state index in [0.717, 1.165) is 0 Å². The highest BCUT2D eigenvalue weighted by Gasteiger charge is 2.49. The number of nitrogens with one attached hydrogen (secondary N) is 1. The number of hydrogen-bond acceptors (Lipinski definition) is 6. The van der Waals surface area contributed by atoms with Crippen molar-refractivity contribution in [2.75, 3.05) is 51.1 Å². The fourth-order valence-electron chi connectivity index (χ4n) is 3.57. The third-order valence-corrected chi connectivity index (χ3v) is 6.53. The molecule has 9 nitrogen and oxygen atoms in total. The number of anilines is 1. The predicted molar refractivity (Wildman–Crippen MR) is 96.8 cm³/mol. The lowest BCUT2D eigenvalue weighted by Crippen LogP contribution is -2.63. The molecule has 0 spiro atoms. The molecular formula is C16H23N5O4S. The van der Waals surface area contributed by atoms with Gasteiger partial charge in [0.05, 0.1) is 23.6 Å². The average molecular weight is 381 g/mol. The van der Waals surface area contributed by atoms with E-state index in [2.05, 4.69) is 10.3 Å². The van der Waals surface area contributed by atoms with E-state index in [9.17, 15) is 18.0 Å². The quantitative estimate of drug-likeness (QED) is 0.756. The van der Waals surface area contributed by atoms with Gasteiger partial charge in [0.2, 0.25) is 0 Å². The Balaban J connectivity index is 1.90. The molecule has 0 aliphatic carbocycles. The molecule has 2 atom stereocenters. The predicted octanol–water partition coefficient (Wildman–Crippen LogP) is -0.272. The number of carbonyl (C=O) groups excluding carboxylic acids is 2. The Bertz CT molecular complexity index is 826. The molecule has 1 aromatic rings. The first-order valence-electron chi connectivity index (χ1n) is 8.36. The summed E-state index contributed by atoms with van der Waals surface area (Å²) in [7, 11) is 1.66. The molecule has 0 saturated carbocycles. The number of amides is 3. The summed E-state index contributed by atoms with van der Waals surface area (Å²) in [5.74, 6) is 0.0878. The largest absolute Gasteiger partial charge is 0.373 e. The lowest BCUT2D eigenvalue weighted by atomic mass is 10.0. The summed E-state index contributed by atoms with van der Waals surface area (Å²) in [6.45, 7) is 0.607. The standard InChI is InChI=1S/C16H23N5O4S/c1-17-14-8-11(4-5-18-14)15(22)20-6-7-21(16(23)19(2)3)13-10-26(24,25)9-12(13)20/h4-5,8,12-13H,6-7,9-10H2,1-3H3,(H,17,18)/t12-,13+/m1/s1. The molecule has 2 saturated heterocycles. The van der Waals surface area contributed by atoms with Crippen LogP contribution in [0.3, 0.4) is 0 Å². The Labute approximate surface area is 152 Å². The van der Waals surface area contributed by atoms with Crippen LogP contribution in [-0.2, 0) is 9.84 Å². The van der Waals surface area contributed by atoms with Gasteiger partial charge in [-0.2, -0.15) is 0 Å². The number of rotatable bonds is 2. The van der Waals surface area contributed by atoms with Gasteiger partial charge >= 0.3 is 6.03 Å². The van der Waals surface area contributed by atoms with Gasteiger partial charge in [-0.3, -0.25) is 4.79 Å². The molecule has 1 N–H and O–H groups in total. The van der Waals surface area contributed by atoms with Crippen LogP contribution < -0.4 is 5.32 Å². The van der Waals surface area contributed by atoms with E-state index in [0.29, 0.717) is 24.5 Å². The fourth-order valence-corrected chi connectivity index (χ4v) is 5.55. The number of nitrogens with zero attached hydrogens (tertiary/aromatic N) is 4. The van der Waals surface area contributed by atoms with Gasteiger partial charge in [0.25, 0.3) is 5.91 Å². The van der Waals surface area contributed by atoms with Gasteiger partial charge in [0, 0.05) is 46.0 Å². The SMILES string of the molecule is CNc1cc(C(=O)N2CCN(C(=O)N(C)C)[C@H]3CS(=O)(=O)C[C@H]32)ccn1.